The molecule has 3 N–H and O–H groups in total. The molecule has 5 nitrogen and oxygen atoms in total. The fourth-order valence-electron chi connectivity index (χ4n) is 2.89. The molecule has 21 heavy (non-hydrogen) atoms. The monoisotopic (exact) mass is 287 g/mol. The van der Waals surface area contributed by atoms with E-state index in [0.717, 1.165) is 16.5 Å². The van der Waals surface area contributed by atoms with E-state index in [1.54, 1.807) is 0 Å². The molecule has 1 aliphatic heterocycles. The summed E-state index contributed by atoms with van der Waals surface area (Å²) < 4.78 is 5.37. The van der Waals surface area contributed by atoms with Gasteiger partial charge in [-0.15, -0.1) is 0 Å². The van der Waals surface area contributed by atoms with Gasteiger partial charge in [0.1, 0.15) is 0 Å². The van der Waals surface area contributed by atoms with Crippen molar-refractivity contribution >= 4 is 16.8 Å². The van der Waals surface area contributed by atoms with E-state index in [4.69, 9.17) is 10.5 Å². The number of nitrogens with zero attached hydrogens (tertiary/aromatic N) is 1. The minimum atomic E-state index is -0.509. The minimum Gasteiger partial charge on any atom is -0.377 e. The zero-order valence-electron chi connectivity index (χ0n) is 12.2. The molecule has 2 aromatic rings. The lowest BCUT2D eigenvalue weighted by Gasteiger charge is -2.35. The number of amides is 1. The van der Waals surface area contributed by atoms with Gasteiger partial charge in [-0.3, -0.25) is 4.79 Å². The SMILES string of the molecule is CC1COCCN1C(=O)[C@H](N)Cc1c[nH]c2ccccc12. The molecule has 1 fully saturated rings. The van der Waals surface area contributed by atoms with Crippen molar-refractivity contribution < 1.29 is 9.53 Å². The first-order valence-electron chi connectivity index (χ1n) is 7.35. The van der Waals surface area contributed by atoms with Gasteiger partial charge in [0.05, 0.1) is 25.3 Å². The van der Waals surface area contributed by atoms with Crippen molar-refractivity contribution in [1.29, 1.82) is 0 Å². The number of ether oxygens (including phenoxy) is 1. The molecule has 1 unspecified atom stereocenters. The number of rotatable bonds is 3. The van der Waals surface area contributed by atoms with E-state index in [0.29, 0.717) is 26.2 Å². The molecular formula is C16H21N3O2. The van der Waals surface area contributed by atoms with Crippen LogP contribution in [0.1, 0.15) is 12.5 Å². The first-order valence-corrected chi connectivity index (χ1v) is 7.35. The van der Waals surface area contributed by atoms with Crippen LogP contribution in [0.15, 0.2) is 30.5 Å². The molecule has 1 aromatic heterocycles. The van der Waals surface area contributed by atoms with Gasteiger partial charge < -0.3 is 20.4 Å². The van der Waals surface area contributed by atoms with Gasteiger partial charge in [0.2, 0.25) is 5.91 Å². The third-order valence-corrected chi connectivity index (χ3v) is 4.08. The molecule has 2 heterocycles. The van der Waals surface area contributed by atoms with Crippen LogP contribution >= 0.6 is 0 Å². The van der Waals surface area contributed by atoms with Crippen LogP contribution in [-0.2, 0) is 16.0 Å². The maximum absolute atomic E-state index is 12.5. The standard InChI is InChI=1S/C16H21N3O2/c1-11-10-21-7-6-19(11)16(20)14(17)8-12-9-18-15-5-3-2-4-13(12)15/h2-5,9,11,14,18H,6-8,10,17H2,1H3/t11?,14-/m1/s1. The Morgan fingerprint density at radius 2 is 2.33 bits per heavy atom. The largest absolute Gasteiger partial charge is 0.377 e. The zero-order chi connectivity index (χ0) is 14.8. The summed E-state index contributed by atoms with van der Waals surface area (Å²) in [6, 6.07) is 7.65. The van der Waals surface area contributed by atoms with Crippen LogP contribution in [0.2, 0.25) is 0 Å². The van der Waals surface area contributed by atoms with Gasteiger partial charge in [-0.2, -0.15) is 0 Å². The first kappa shape index (κ1) is 14.1. The average molecular weight is 287 g/mol. The van der Waals surface area contributed by atoms with E-state index in [1.165, 1.54) is 0 Å². The lowest BCUT2D eigenvalue weighted by molar-refractivity contribution is -0.140. The van der Waals surface area contributed by atoms with Gasteiger partial charge >= 0.3 is 0 Å². The molecule has 1 aromatic carbocycles. The molecule has 0 aliphatic carbocycles. The maximum atomic E-state index is 12.5. The smallest absolute Gasteiger partial charge is 0.240 e. The number of hydrogen-bond donors (Lipinski definition) is 2. The number of carbonyl (C=O) groups excluding carboxylic acids is 1. The summed E-state index contributed by atoms with van der Waals surface area (Å²) >= 11 is 0. The van der Waals surface area contributed by atoms with Gasteiger partial charge in [0.25, 0.3) is 0 Å². The summed E-state index contributed by atoms with van der Waals surface area (Å²) in [5.41, 5.74) is 8.31. The molecule has 112 valence electrons. The van der Waals surface area contributed by atoms with E-state index in [9.17, 15) is 4.79 Å². The summed E-state index contributed by atoms with van der Waals surface area (Å²) in [6.45, 7) is 3.80. The quantitative estimate of drug-likeness (QED) is 0.893. The summed E-state index contributed by atoms with van der Waals surface area (Å²) in [6.07, 6.45) is 2.49. The van der Waals surface area contributed by atoms with Crippen molar-refractivity contribution in [2.75, 3.05) is 19.8 Å². The third-order valence-electron chi connectivity index (χ3n) is 4.08. The van der Waals surface area contributed by atoms with Crippen molar-refractivity contribution in [2.45, 2.75) is 25.4 Å². The molecule has 5 heteroatoms. The van der Waals surface area contributed by atoms with Gasteiger partial charge in [-0.05, 0) is 25.0 Å². The van der Waals surface area contributed by atoms with Crippen LogP contribution in [0.5, 0.6) is 0 Å². The van der Waals surface area contributed by atoms with Gasteiger partial charge in [0.15, 0.2) is 0 Å². The third kappa shape index (κ3) is 2.80. The number of aromatic amines is 1. The highest BCUT2D eigenvalue weighted by Crippen LogP contribution is 2.19. The van der Waals surface area contributed by atoms with Crippen molar-refractivity contribution in [3.8, 4) is 0 Å². The molecule has 0 spiro atoms. The van der Waals surface area contributed by atoms with Crippen molar-refractivity contribution in [2.24, 2.45) is 5.73 Å². The Morgan fingerprint density at radius 3 is 3.14 bits per heavy atom. The van der Waals surface area contributed by atoms with E-state index in [2.05, 4.69) is 11.1 Å². The van der Waals surface area contributed by atoms with Crippen LogP contribution in [-0.4, -0.2) is 47.6 Å². The van der Waals surface area contributed by atoms with Gasteiger partial charge in [-0.25, -0.2) is 0 Å². The Labute approximate surface area is 124 Å². The highest BCUT2D eigenvalue weighted by molar-refractivity contribution is 5.86. The summed E-state index contributed by atoms with van der Waals surface area (Å²) in [7, 11) is 0. The second kappa shape index (κ2) is 5.87. The van der Waals surface area contributed by atoms with E-state index < -0.39 is 6.04 Å². The highest BCUT2D eigenvalue weighted by Gasteiger charge is 2.28. The number of H-pyrrole nitrogens is 1. The van der Waals surface area contributed by atoms with Gasteiger partial charge in [0, 0.05) is 23.6 Å². The molecule has 2 atom stereocenters. The molecule has 1 saturated heterocycles. The van der Waals surface area contributed by atoms with Crippen LogP contribution in [0.3, 0.4) is 0 Å². The van der Waals surface area contributed by atoms with Crippen molar-refractivity contribution in [1.82, 2.24) is 9.88 Å². The fourth-order valence-corrected chi connectivity index (χ4v) is 2.89. The van der Waals surface area contributed by atoms with Crippen LogP contribution in [0.25, 0.3) is 10.9 Å². The van der Waals surface area contributed by atoms with Crippen LogP contribution in [0.4, 0.5) is 0 Å². The number of carbonyl (C=O) groups is 1. The molecule has 0 bridgehead atoms. The molecule has 1 amide bonds. The second-order valence-electron chi connectivity index (χ2n) is 5.63. The first-order chi connectivity index (χ1) is 10.2. The number of nitrogens with two attached hydrogens (primary N) is 1. The van der Waals surface area contributed by atoms with E-state index in [-0.39, 0.29) is 11.9 Å². The van der Waals surface area contributed by atoms with Crippen LogP contribution < -0.4 is 5.73 Å². The number of aromatic nitrogens is 1. The molecule has 3 rings (SSSR count). The van der Waals surface area contributed by atoms with Crippen LogP contribution in [0, 0.1) is 0 Å². The summed E-state index contributed by atoms with van der Waals surface area (Å²) in [5, 5.41) is 1.13. The number of nitrogens with one attached hydrogen (secondary N) is 1. The fraction of sp³-hybridized carbons (Fsp3) is 0.438. The second-order valence-corrected chi connectivity index (χ2v) is 5.63. The predicted octanol–water partition coefficient (Wildman–Crippen LogP) is 1.29. The summed E-state index contributed by atoms with van der Waals surface area (Å²) in [4.78, 5) is 17.6. The predicted molar refractivity (Wildman–Crippen MR) is 82.0 cm³/mol. The topological polar surface area (TPSA) is 71.3 Å². The Bertz CT molecular complexity index is 637. The maximum Gasteiger partial charge on any atom is 0.240 e. The minimum absolute atomic E-state index is 0.0103. The number of morpholine rings is 1. The molecular weight excluding hydrogens is 266 g/mol. The Balaban J connectivity index is 1.73. The van der Waals surface area contributed by atoms with E-state index in [1.807, 2.05) is 36.2 Å². The Morgan fingerprint density at radius 1 is 1.52 bits per heavy atom. The zero-order valence-corrected chi connectivity index (χ0v) is 12.2. The summed E-state index contributed by atoms with van der Waals surface area (Å²) in [5.74, 6) is 0.0103. The van der Waals surface area contributed by atoms with Gasteiger partial charge in [-0.1, -0.05) is 18.2 Å². The van der Waals surface area contributed by atoms with E-state index >= 15 is 0 Å². The van der Waals surface area contributed by atoms with Crippen molar-refractivity contribution in [3.63, 3.8) is 0 Å². The number of para-hydroxylation sites is 1. The number of benzene rings is 1. The molecule has 0 saturated carbocycles. The number of fused-ring (bicyclic) bond motifs is 1. The molecule has 1 aliphatic rings. The highest BCUT2D eigenvalue weighted by atomic mass is 16.5. The Kier molecular flexibility index (Phi) is 3.94. The lowest BCUT2D eigenvalue weighted by Crippen LogP contribution is -2.53. The molecule has 0 radical (unpaired) electrons. The normalized spacial score (nSPS) is 20.7. The average Bonchev–Trinajstić information content (AvgIpc) is 2.90. The van der Waals surface area contributed by atoms with Crippen molar-refractivity contribution in [3.05, 3.63) is 36.0 Å². The lowest BCUT2D eigenvalue weighted by atomic mass is 10.0. The number of hydrogen-bond acceptors (Lipinski definition) is 3. The Hall–Kier alpha value is -1.85.